The predicted molar refractivity (Wildman–Crippen MR) is 106 cm³/mol. The fraction of sp³-hybridized carbons (Fsp3) is 0.600. The van der Waals surface area contributed by atoms with E-state index in [1.807, 2.05) is 6.92 Å². The van der Waals surface area contributed by atoms with Gasteiger partial charge in [-0.3, -0.25) is 14.5 Å². The van der Waals surface area contributed by atoms with Crippen LogP contribution in [-0.4, -0.2) is 42.4 Å². The molecule has 0 unspecified atom stereocenters. The van der Waals surface area contributed by atoms with Gasteiger partial charge in [-0.05, 0) is 56.5 Å². The minimum absolute atomic E-state index is 0.0160. The molecule has 0 spiro atoms. The highest BCUT2D eigenvalue weighted by molar-refractivity contribution is 6.30. The van der Waals surface area contributed by atoms with E-state index in [1.54, 1.807) is 36.2 Å². The van der Waals surface area contributed by atoms with Crippen LogP contribution in [0, 0.1) is 11.8 Å². The number of anilines is 1. The van der Waals surface area contributed by atoms with Gasteiger partial charge in [0, 0.05) is 16.8 Å². The smallest absolute Gasteiger partial charge is 0.238 e. The summed E-state index contributed by atoms with van der Waals surface area (Å²) in [5, 5.41) is 6.62. The Morgan fingerprint density at radius 3 is 2.54 bits per heavy atom. The largest absolute Gasteiger partial charge is 0.352 e. The molecular formula is C20H30ClN3O2. The number of nitrogens with one attached hydrogen (secondary N) is 2. The van der Waals surface area contributed by atoms with Crippen LogP contribution < -0.4 is 10.6 Å². The van der Waals surface area contributed by atoms with Crippen molar-refractivity contribution in [2.45, 2.75) is 52.1 Å². The molecule has 0 bridgehead atoms. The monoisotopic (exact) mass is 379 g/mol. The Bertz CT molecular complexity index is 620. The highest BCUT2D eigenvalue weighted by Crippen LogP contribution is 2.29. The van der Waals surface area contributed by atoms with Crippen molar-refractivity contribution in [3.05, 3.63) is 29.3 Å². The Hall–Kier alpha value is -1.59. The fourth-order valence-corrected chi connectivity index (χ4v) is 3.51. The molecule has 6 heteroatoms. The molecule has 1 aliphatic rings. The average molecular weight is 380 g/mol. The van der Waals surface area contributed by atoms with Crippen LogP contribution >= 0.6 is 11.6 Å². The zero-order valence-electron chi connectivity index (χ0n) is 16.1. The maximum Gasteiger partial charge on any atom is 0.238 e. The molecule has 0 radical (unpaired) electrons. The summed E-state index contributed by atoms with van der Waals surface area (Å²) in [5.74, 6) is 0.942. The Balaban J connectivity index is 1.83. The van der Waals surface area contributed by atoms with Gasteiger partial charge in [-0.1, -0.05) is 38.3 Å². The van der Waals surface area contributed by atoms with E-state index in [4.69, 9.17) is 11.6 Å². The molecule has 4 atom stereocenters. The zero-order valence-corrected chi connectivity index (χ0v) is 16.8. The van der Waals surface area contributed by atoms with Gasteiger partial charge in [-0.15, -0.1) is 0 Å². The van der Waals surface area contributed by atoms with Crippen molar-refractivity contribution in [3.8, 4) is 0 Å². The van der Waals surface area contributed by atoms with Crippen molar-refractivity contribution in [1.82, 2.24) is 10.2 Å². The molecule has 1 aromatic carbocycles. The molecule has 2 rings (SSSR count). The molecule has 2 N–H and O–H groups in total. The van der Waals surface area contributed by atoms with E-state index in [0.29, 0.717) is 22.5 Å². The number of carbonyl (C=O) groups excluding carboxylic acids is 2. The minimum atomic E-state index is -0.365. The van der Waals surface area contributed by atoms with Gasteiger partial charge in [0.15, 0.2) is 0 Å². The first kappa shape index (κ1) is 20.7. The van der Waals surface area contributed by atoms with Crippen molar-refractivity contribution < 1.29 is 9.59 Å². The number of likely N-dealkylation sites (N-methyl/N-ethyl adjacent to an activating group) is 1. The van der Waals surface area contributed by atoms with Crippen LogP contribution in [0.3, 0.4) is 0 Å². The molecule has 1 saturated carbocycles. The molecule has 144 valence electrons. The van der Waals surface area contributed by atoms with Gasteiger partial charge in [0.2, 0.25) is 11.8 Å². The van der Waals surface area contributed by atoms with Crippen LogP contribution in [0.4, 0.5) is 5.69 Å². The van der Waals surface area contributed by atoms with Crippen LogP contribution in [0.15, 0.2) is 24.3 Å². The third kappa shape index (κ3) is 5.71. The van der Waals surface area contributed by atoms with E-state index < -0.39 is 0 Å². The standard InChI is InChI=1S/C20H30ClN3O2/c1-13-6-5-7-18(14(13)2)23-20(26)15(3)24(4)12-19(25)22-17-10-8-16(21)9-11-17/h8-11,13-15,18H,5-7,12H2,1-4H3,(H,22,25)(H,23,26)/t13-,14+,15+,18-/m0/s1. The first-order chi connectivity index (χ1) is 12.3. The van der Waals surface area contributed by atoms with E-state index >= 15 is 0 Å². The maximum absolute atomic E-state index is 12.6. The normalized spacial score (nSPS) is 24.2. The van der Waals surface area contributed by atoms with Crippen LogP contribution in [0.1, 0.15) is 40.0 Å². The number of halogens is 1. The second kappa shape index (κ2) is 9.38. The van der Waals surface area contributed by atoms with Gasteiger partial charge in [-0.25, -0.2) is 0 Å². The van der Waals surface area contributed by atoms with Crippen LogP contribution in [-0.2, 0) is 9.59 Å². The summed E-state index contributed by atoms with van der Waals surface area (Å²) in [6.45, 7) is 6.44. The molecule has 26 heavy (non-hydrogen) atoms. The second-order valence-corrected chi connectivity index (χ2v) is 7.96. The summed E-state index contributed by atoms with van der Waals surface area (Å²) in [6, 6.07) is 6.82. The van der Waals surface area contributed by atoms with E-state index in [1.165, 1.54) is 6.42 Å². The number of nitrogens with zero attached hydrogens (tertiary/aromatic N) is 1. The number of rotatable bonds is 6. The van der Waals surface area contributed by atoms with Crippen LogP contribution in [0.2, 0.25) is 5.02 Å². The molecule has 1 fully saturated rings. The number of amides is 2. The molecule has 0 saturated heterocycles. The Labute approximate surface area is 161 Å². The van der Waals surface area contributed by atoms with Gasteiger partial charge >= 0.3 is 0 Å². The highest BCUT2D eigenvalue weighted by Gasteiger charge is 2.30. The second-order valence-electron chi connectivity index (χ2n) is 7.53. The average Bonchev–Trinajstić information content (AvgIpc) is 2.60. The topological polar surface area (TPSA) is 61.4 Å². The summed E-state index contributed by atoms with van der Waals surface area (Å²) in [4.78, 5) is 26.5. The summed E-state index contributed by atoms with van der Waals surface area (Å²) in [5.41, 5.74) is 0.690. The molecule has 1 aromatic rings. The maximum atomic E-state index is 12.6. The SMILES string of the molecule is C[C@H]1[C@@H](NC(=O)[C@@H](C)N(C)CC(=O)Nc2ccc(Cl)cc2)CCC[C@@H]1C. The molecule has 0 aliphatic heterocycles. The summed E-state index contributed by atoms with van der Waals surface area (Å²) >= 11 is 5.84. The molecule has 1 aliphatic carbocycles. The molecule has 0 heterocycles. The summed E-state index contributed by atoms with van der Waals surface area (Å²) in [7, 11) is 1.79. The van der Waals surface area contributed by atoms with Crippen molar-refractivity contribution in [2.24, 2.45) is 11.8 Å². The van der Waals surface area contributed by atoms with Crippen molar-refractivity contribution >= 4 is 29.1 Å². The van der Waals surface area contributed by atoms with Gasteiger partial charge in [-0.2, -0.15) is 0 Å². The number of hydrogen-bond donors (Lipinski definition) is 2. The first-order valence-corrected chi connectivity index (χ1v) is 9.71. The third-order valence-electron chi connectivity index (χ3n) is 5.60. The number of hydrogen-bond acceptors (Lipinski definition) is 3. The van der Waals surface area contributed by atoms with Crippen molar-refractivity contribution in [2.75, 3.05) is 18.9 Å². The lowest BCUT2D eigenvalue weighted by atomic mass is 9.78. The Kier molecular flexibility index (Phi) is 7.47. The van der Waals surface area contributed by atoms with E-state index in [9.17, 15) is 9.59 Å². The van der Waals surface area contributed by atoms with E-state index in [0.717, 1.165) is 12.8 Å². The fourth-order valence-electron chi connectivity index (χ4n) is 3.39. The number of benzene rings is 1. The van der Waals surface area contributed by atoms with Crippen molar-refractivity contribution in [1.29, 1.82) is 0 Å². The lowest BCUT2D eigenvalue weighted by molar-refractivity contribution is -0.127. The van der Waals surface area contributed by atoms with Gasteiger partial charge in [0.1, 0.15) is 0 Å². The van der Waals surface area contributed by atoms with Gasteiger partial charge in [0.05, 0.1) is 12.6 Å². The Morgan fingerprint density at radius 1 is 1.23 bits per heavy atom. The lowest BCUT2D eigenvalue weighted by Crippen LogP contribution is -2.51. The third-order valence-corrected chi connectivity index (χ3v) is 5.85. The quantitative estimate of drug-likeness (QED) is 0.794. The van der Waals surface area contributed by atoms with Crippen LogP contribution in [0.25, 0.3) is 0 Å². The van der Waals surface area contributed by atoms with Crippen LogP contribution in [0.5, 0.6) is 0 Å². The molecule has 0 aromatic heterocycles. The zero-order chi connectivity index (χ0) is 19.3. The van der Waals surface area contributed by atoms with Gasteiger partial charge < -0.3 is 10.6 Å². The van der Waals surface area contributed by atoms with E-state index in [2.05, 4.69) is 24.5 Å². The minimum Gasteiger partial charge on any atom is -0.352 e. The summed E-state index contributed by atoms with van der Waals surface area (Å²) < 4.78 is 0. The molecular weight excluding hydrogens is 350 g/mol. The number of carbonyl (C=O) groups is 2. The first-order valence-electron chi connectivity index (χ1n) is 9.34. The summed E-state index contributed by atoms with van der Waals surface area (Å²) in [6.07, 6.45) is 3.42. The van der Waals surface area contributed by atoms with Gasteiger partial charge in [0.25, 0.3) is 0 Å². The van der Waals surface area contributed by atoms with E-state index in [-0.39, 0.29) is 30.4 Å². The molecule has 5 nitrogen and oxygen atoms in total. The predicted octanol–water partition coefficient (Wildman–Crippen LogP) is 3.54. The molecule has 2 amide bonds. The lowest BCUT2D eigenvalue weighted by Gasteiger charge is -2.36. The Morgan fingerprint density at radius 2 is 1.88 bits per heavy atom. The van der Waals surface area contributed by atoms with Crippen molar-refractivity contribution in [3.63, 3.8) is 0 Å². The highest BCUT2D eigenvalue weighted by atomic mass is 35.5.